The number of carbonyl (C=O) groups excluding carboxylic acids is 1. The van der Waals surface area contributed by atoms with Crippen molar-refractivity contribution in [2.24, 2.45) is 0 Å². The van der Waals surface area contributed by atoms with Gasteiger partial charge in [-0.25, -0.2) is 0 Å². The molecule has 1 fully saturated rings. The van der Waals surface area contributed by atoms with Gasteiger partial charge in [0.2, 0.25) is 0 Å². The highest BCUT2D eigenvalue weighted by atomic mass is 127. The number of nitrogens with one attached hydrogen (secondary N) is 1. The highest BCUT2D eigenvalue weighted by Gasteiger charge is 2.30. The molecular weight excluding hydrogens is 409 g/mol. The van der Waals surface area contributed by atoms with Gasteiger partial charge in [-0.3, -0.25) is 4.79 Å². The largest absolute Gasteiger partial charge is 0.373 e. The van der Waals surface area contributed by atoms with Crippen LogP contribution >= 0.6 is 38.5 Å². The zero-order valence-corrected chi connectivity index (χ0v) is 13.9. The molecule has 1 aromatic carbocycles. The summed E-state index contributed by atoms with van der Waals surface area (Å²) in [6.45, 7) is 3.40. The molecule has 0 aromatic heterocycles. The third-order valence-electron chi connectivity index (χ3n) is 3.10. The first-order chi connectivity index (χ1) is 8.50. The number of hydrogen-bond donors (Lipinski definition) is 1. The Kier molecular flexibility index (Phi) is 4.66. The van der Waals surface area contributed by atoms with Crippen molar-refractivity contribution in [1.29, 1.82) is 0 Å². The first-order valence-electron chi connectivity index (χ1n) is 5.87. The van der Waals surface area contributed by atoms with Gasteiger partial charge in [0.25, 0.3) is 5.91 Å². The molecule has 2 rings (SSSR count). The fraction of sp³-hybridized carbons (Fsp3) is 0.462. The SMILES string of the molecule is CC1(CNC(=O)c2cc(Br)ccc2I)CCCO1. The maximum absolute atomic E-state index is 12.1. The summed E-state index contributed by atoms with van der Waals surface area (Å²) in [4.78, 5) is 12.1. The van der Waals surface area contributed by atoms with Crippen molar-refractivity contribution in [3.63, 3.8) is 0 Å². The number of rotatable bonds is 3. The van der Waals surface area contributed by atoms with Gasteiger partial charge in [0.05, 0.1) is 11.2 Å². The fourth-order valence-corrected chi connectivity index (χ4v) is 2.95. The van der Waals surface area contributed by atoms with E-state index in [0.717, 1.165) is 27.5 Å². The number of halogens is 2. The highest BCUT2D eigenvalue weighted by Crippen LogP contribution is 2.24. The molecule has 0 aliphatic carbocycles. The van der Waals surface area contributed by atoms with Crippen LogP contribution in [0.4, 0.5) is 0 Å². The molecule has 1 amide bonds. The van der Waals surface area contributed by atoms with Crippen molar-refractivity contribution >= 4 is 44.4 Å². The topological polar surface area (TPSA) is 38.3 Å². The summed E-state index contributed by atoms with van der Waals surface area (Å²) in [6, 6.07) is 5.70. The van der Waals surface area contributed by atoms with Gasteiger partial charge in [-0.1, -0.05) is 15.9 Å². The van der Waals surface area contributed by atoms with E-state index in [9.17, 15) is 4.79 Å². The predicted molar refractivity (Wildman–Crippen MR) is 82.8 cm³/mol. The van der Waals surface area contributed by atoms with Gasteiger partial charge < -0.3 is 10.1 Å². The van der Waals surface area contributed by atoms with E-state index in [1.54, 1.807) is 0 Å². The zero-order valence-electron chi connectivity index (χ0n) is 10.1. The van der Waals surface area contributed by atoms with E-state index in [1.165, 1.54) is 0 Å². The molecule has 18 heavy (non-hydrogen) atoms. The lowest BCUT2D eigenvalue weighted by molar-refractivity contribution is 0.0206. The molecule has 1 aromatic rings. The molecule has 0 radical (unpaired) electrons. The predicted octanol–water partition coefficient (Wildman–Crippen LogP) is 3.35. The van der Waals surface area contributed by atoms with E-state index < -0.39 is 0 Å². The number of amides is 1. The minimum atomic E-state index is -0.201. The van der Waals surface area contributed by atoms with Gasteiger partial charge in [-0.15, -0.1) is 0 Å². The van der Waals surface area contributed by atoms with Gasteiger partial charge in [0.15, 0.2) is 0 Å². The van der Waals surface area contributed by atoms with Crippen LogP contribution < -0.4 is 5.32 Å². The number of benzene rings is 1. The first kappa shape index (κ1) is 14.3. The summed E-state index contributed by atoms with van der Waals surface area (Å²) in [5.41, 5.74) is 0.499. The third kappa shape index (κ3) is 3.45. The molecule has 5 heteroatoms. The molecule has 0 spiro atoms. The number of ether oxygens (including phenoxy) is 1. The van der Waals surface area contributed by atoms with Crippen LogP contribution in [0.1, 0.15) is 30.1 Å². The normalized spacial score (nSPS) is 23.1. The van der Waals surface area contributed by atoms with Crippen molar-refractivity contribution in [3.8, 4) is 0 Å². The number of hydrogen-bond acceptors (Lipinski definition) is 2. The van der Waals surface area contributed by atoms with Crippen LogP contribution in [-0.2, 0) is 4.74 Å². The molecule has 1 saturated heterocycles. The molecule has 1 heterocycles. The zero-order chi connectivity index (χ0) is 13.2. The van der Waals surface area contributed by atoms with E-state index >= 15 is 0 Å². The summed E-state index contributed by atoms with van der Waals surface area (Å²) in [5.74, 6) is -0.0441. The summed E-state index contributed by atoms with van der Waals surface area (Å²) in [6.07, 6.45) is 2.07. The average molecular weight is 424 g/mol. The van der Waals surface area contributed by atoms with Crippen molar-refractivity contribution < 1.29 is 9.53 Å². The van der Waals surface area contributed by atoms with Gasteiger partial charge in [-0.2, -0.15) is 0 Å². The van der Waals surface area contributed by atoms with Crippen molar-refractivity contribution in [3.05, 3.63) is 31.8 Å². The number of carbonyl (C=O) groups is 1. The van der Waals surface area contributed by atoms with Crippen molar-refractivity contribution in [2.45, 2.75) is 25.4 Å². The Bertz CT molecular complexity index is 458. The standard InChI is InChI=1S/C13H15BrINO2/c1-13(5-2-6-18-13)8-16-12(17)10-7-9(14)3-4-11(10)15/h3-4,7H,2,5-6,8H2,1H3,(H,16,17). The Morgan fingerprint density at radius 3 is 3.06 bits per heavy atom. The molecule has 1 aliphatic heterocycles. The summed E-state index contributed by atoms with van der Waals surface area (Å²) < 4.78 is 7.52. The van der Waals surface area contributed by atoms with E-state index in [4.69, 9.17) is 4.74 Å². The van der Waals surface area contributed by atoms with Crippen LogP contribution in [0.3, 0.4) is 0 Å². The van der Waals surface area contributed by atoms with Crippen LogP contribution in [0, 0.1) is 3.57 Å². The molecule has 1 unspecified atom stereocenters. The molecule has 3 nitrogen and oxygen atoms in total. The van der Waals surface area contributed by atoms with E-state index in [2.05, 4.69) is 43.8 Å². The molecule has 98 valence electrons. The minimum Gasteiger partial charge on any atom is -0.373 e. The lowest BCUT2D eigenvalue weighted by Crippen LogP contribution is -2.40. The Balaban J connectivity index is 2.01. The second-order valence-electron chi connectivity index (χ2n) is 4.71. The quantitative estimate of drug-likeness (QED) is 0.757. The molecule has 0 saturated carbocycles. The van der Waals surface area contributed by atoms with Crippen LogP contribution in [0.5, 0.6) is 0 Å². The Morgan fingerprint density at radius 2 is 2.39 bits per heavy atom. The molecule has 0 bridgehead atoms. The first-order valence-corrected chi connectivity index (χ1v) is 7.75. The van der Waals surface area contributed by atoms with E-state index in [0.29, 0.717) is 12.1 Å². The van der Waals surface area contributed by atoms with Crippen LogP contribution in [0.2, 0.25) is 0 Å². The summed E-state index contributed by atoms with van der Waals surface area (Å²) >= 11 is 5.56. The highest BCUT2D eigenvalue weighted by molar-refractivity contribution is 14.1. The third-order valence-corrected chi connectivity index (χ3v) is 4.53. The second kappa shape index (κ2) is 5.88. The lowest BCUT2D eigenvalue weighted by Gasteiger charge is -2.23. The Labute approximate surface area is 129 Å². The van der Waals surface area contributed by atoms with Crippen LogP contribution in [-0.4, -0.2) is 24.7 Å². The van der Waals surface area contributed by atoms with Crippen molar-refractivity contribution in [1.82, 2.24) is 5.32 Å². The molecule has 1 aliphatic rings. The van der Waals surface area contributed by atoms with Crippen molar-refractivity contribution in [2.75, 3.05) is 13.2 Å². The fourth-order valence-electron chi connectivity index (χ4n) is 2.01. The van der Waals surface area contributed by atoms with Gasteiger partial charge in [0.1, 0.15) is 0 Å². The van der Waals surface area contributed by atoms with Crippen LogP contribution in [0.15, 0.2) is 22.7 Å². The van der Waals surface area contributed by atoms with Gasteiger partial charge in [-0.05, 0) is 60.6 Å². The van der Waals surface area contributed by atoms with E-state index in [1.807, 2.05) is 25.1 Å². The lowest BCUT2D eigenvalue weighted by atomic mass is 10.0. The Hall–Kier alpha value is -0.140. The maximum Gasteiger partial charge on any atom is 0.252 e. The van der Waals surface area contributed by atoms with Gasteiger partial charge >= 0.3 is 0 Å². The summed E-state index contributed by atoms with van der Waals surface area (Å²) in [5, 5.41) is 2.96. The molecular formula is C13H15BrINO2. The maximum atomic E-state index is 12.1. The van der Waals surface area contributed by atoms with Crippen LogP contribution in [0.25, 0.3) is 0 Å². The van der Waals surface area contributed by atoms with Gasteiger partial charge in [0, 0.05) is 21.2 Å². The monoisotopic (exact) mass is 423 g/mol. The summed E-state index contributed by atoms with van der Waals surface area (Å²) in [7, 11) is 0. The van der Waals surface area contributed by atoms with E-state index in [-0.39, 0.29) is 11.5 Å². The molecule has 1 atom stereocenters. The molecule has 1 N–H and O–H groups in total. The average Bonchev–Trinajstić information content (AvgIpc) is 2.77. The second-order valence-corrected chi connectivity index (χ2v) is 6.79. The Morgan fingerprint density at radius 1 is 1.61 bits per heavy atom. The smallest absolute Gasteiger partial charge is 0.252 e. The minimum absolute atomic E-state index is 0.0441.